The van der Waals surface area contributed by atoms with Gasteiger partial charge in [-0.25, -0.2) is 0 Å². The Kier molecular flexibility index (Phi) is 8.02. The van der Waals surface area contributed by atoms with Gasteiger partial charge in [0.15, 0.2) is 5.76 Å². The molecule has 33 heavy (non-hydrogen) atoms. The average Bonchev–Trinajstić information content (AvgIpc) is 3.26. The Morgan fingerprint density at radius 1 is 1.03 bits per heavy atom. The number of furan rings is 1. The summed E-state index contributed by atoms with van der Waals surface area (Å²) in [5.41, 5.74) is 3.30. The first-order chi connectivity index (χ1) is 15.8. The predicted octanol–water partition coefficient (Wildman–Crippen LogP) is 5.34. The molecule has 0 unspecified atom stereocenters. The maximum absolute atomic E-state index is 13.2. The van der Waals surface area contributed by atoms with E-state index in [-0.39, 0.29) is 23.6 Å². The summed E-state index contributed by atoms with van der Waals surface area (Å²) in [6, 6.07) is 18.0. The highest BCUT2D eigenvalue weighted by atomic mass is 16.4. The Morgan fingerprint density at radius 3 is 2.42 bits per heavy atom. The summed E-state index contributed by atoms with van der Waals surface area (Å²) in [5, 5.41) is 9.02. The molecule has 0 spiro atoms. The fraction of sp³-hybridized carbons (Fsp3) is 0.370. The molecule has 0 fully saturated rings. The molecule has 2 aromatic heterocycles. The van der Waals surface area contributed by atoms with Crippen LogP contribution in [0.3, 0.4) is 0 Å². The van der Waals surface area contributed by atoms with Gasteiger partial charge in [-0.2, -0.15) is 5.26 Å². The monoisotopic (exact) mass is 444 g/mol. The van der Waals surface area contributed by atoms with Crippen LogP contribution in [0.4, 0.5) is 0 Å². The zero-order chi connectivity index (χ0) is 23.8. The fourth-order valence-electron chi connectivity index (χ4n) is 3.52. The van der Waals surface area contributed by atoms with Crippen LogP contribution >= 0.6 is 0 Å². The molecule has 0 saturated carbocycles. The molecule has 0 aliphatic heterocycles. The van der Waals surface area contributed by atoms with E-state index in [0.717, 1.165) is 17.9 Å². The van der Waals surface area contributed by atoms with E-state index in [9.17, 15) is 4.79 Å². The van der Waals surface area contributed by atoms with Crippen LogP contribution in [0.5, 0.6) is 0 Å². The number of benzene rings is 1. The Hall–Kier alpha value is -3.43. The number of amides is 1. The molecule has 2 heterocycles. The van der Waals surface area contributed by atoms with Gasteiger partial charge in [-0.1, -0.05) is 35.9 Å². The SMILES string of the molecule is Cc1ccc(CN(Cc2ccc(C(=O)N(CCC#N)Cc3cccnc3)o2)C(C)(C)C)cc1. The highest BCUT2D eigenvalue weighted by molar-refractivity contribution is 5.91. The summed E-state index contributed by atoms with van der Waals surface area (Å²) in [5.74, 6) is 0.805. The number of hydrogen-bond acceptors (Lipinski definition) is 5. The lowest BCUT2D eigenvalue weighted by molar-refractivity contribution is 0.0703. The lowest BCUT2D eigenvalue weighted by Crippen LogP contribution is -2.40. The minimum atomic E-state index is -0.221. The van der Waals surface area contributed by atoms with Gasteiger partial charge in [0, 0.05) is 37.6 Å². The first kappa shape index (κ1) is 24.2. The van der Waals surface area contributed by atoms with Crippen LogP contribution in [0.15, 0.2) is 65.3 Å². The quantitative estimate of drug-likeness (QED) is 0.445. The van der Waals surface area contributed by atoms with Crippen LogP contribution in [0, 0.1) is 18.3 Å². The van der Waals surface area contributed by atoms with Crippen molar-refractivity contribution in [2.45, 2.75) is 59.3 Å². The third kappa shape index (κ3) is 7.03. The summed E-state index contributed by atoms with van der Waals surface area (Å²) >= 11 is 0. The third-order valence-corrected chi connectivity index (χ3v) is 5.54. The lowest BCUT2D eigenvalue weighted by atomic mass is 10.0. The molecule has 172 valence electrons. The molecule has 0 bridgehead atoms. The fourth-order valence-corrected chi connectivity index (χ4v) is 3.52. The second-order valence-electron chi connectivity index (χ2n) is 9.27. The Morgan fingerprint density at radius 2 is 1.79 bits per heavy atom. The third-order valence-electron chi connectivity index (χ3n) is 5.54. The second-order valence-corrected chi connectivity index (χ2v) is 9.27. The molecule has 1 aromatic carbocycles. The molecule has 0 atom stereocenters. The number of pyridine rings is 1. The predicted molar refractivity (Wildman–Crippen MR) is 128 cm³/mol. The molecule has 3 aromatic rings. The lowest BCUT2D eigenvalue weighted by Gasteiger charge is -2.35. The van der Waals surface area contributed by atoms with Gasteiger partial charge < -0.3 is 9.32 Å². The number of nitriles is 1. The highest BCUT2D eigenvalue weighted by Gasteiger charge is 2.25. The first-order valence-electron chi connectivity index (χ1n) is 11.2. The van der Waals surface area contributed by atoms with E-state index in [4.69, 9.17) is 9.68 Å². The van der Waals surface area contributed by atoms with E-state index in [0.29, 0.717) is 19.6 Å². The van der Waals surface area contributed by atoms with Gasteiger partial charge in [0.05, 0.1) is 19.0 Å². The highest BCUT2D eigenvalue weighted by Crippen LogP contribution is 2.23. The van der Waals surface area contributed by atoms with Crippen molar-refractivity contribution in [2.75, 3.05) is 6.54 Å². The standard InChI is InChI=1S/C27H32N4O2/c1-21-8-10-22(11-9-21)19-31(27(2,3)4)20-24-12-13-25(33-24)26(32)30(16-6-14-28)18-23-7-5-15-29-17-23/h5,7-13,15,17H,6,16,18-20H2,1-4H3. The first-order valence-corrected chi connectivity index (χ1v) is 11.2. The van der Waals surface area contributed by atoms with Crippen molar-refractivity contribution in [3.05, 3.63) is 89.1 Å². The summed E-state index contributed by atoms with van der Waals surface area (Å²) in [6.07, 6.45) is 3.68. The van der Waals surface area contributed by atoms with Crippen LogP contribution in [0.25, 0.3) is 0 Å². The van der Waals surface area contributed by atoms with Gasteiger partial charge in [-0.3, -0.25) is 14.7 Å². The topological polar surface area (TPSA) is 73.4 Å². The van der Waals surface area contributed by atoms with Gasteiger partial charge in [-0.15, -0.1) is 0 Å². The van der Waals surface area contributed by atoms with E-state index in [1.54, 1.807) is 23.4 Å². The van der Waals surface area contributed by atoms with Crippen molar-refractivity contribution in [1.82, 2.24) is 14.8 Å². The largest absolute Gasteiger partial charge is 0.455 e. The molecular weight excluding hydrogens is 412 g/mol. The van der Waals surface area contributed by atoms with E-state index in [1.165, 1.54) is 11.1 Å². The summed E-state index contributed by atoms with van der Waals surface area (Å²) < 4.78 is 6.00. The Labute approximate surface area is 196 Å². The van der Waals surface area contributed by atoms with Crippen LogP contribution < -0.4 is 0 Å². The number of aromatic nitrogens is 1. The van der Waals surface area contributed by atoms with Crippen LogP contribution in [0.1, 0.15) is 60.2 Å². The van der Waals surface area contributed by atoms with Crippen LogP contribution in [-0.4, -0.2) is 32.8 Å². The molecule has 1 amide bonds. The molecule has 3 rings (SSSR count). The maximum atomic E-state index is 13.2. The zero-order valence-corrected chi connectivity index (χ0v) is 19.9. The minimum Gasteiger partial charge on any atom is -0.455 e. The number of nitrogens with zero attached hydrogens (tertiary/aromatic N) is 4. The van der Waals surface area contributed by atoms with Crippen molar-refractivity contribution in [3.8, 4) is 6.07 Å². The van der Waals surface area contributed by atoms with Gasteiger partial charge >= 0.3 is 0 Å². The summed E-state index contributed by atoms with van der Waals surface area (Å²) in [7, 11) is 0. The number of rotatable bonds is 9. The van der Waals surface area contributed by atoms with Gasteiger partial charge in [0.2, 0.25) is 0 Å². The number of carbonyl (C=O) groups is 1. The number of hydrogen-bond donors (Lipinski definition) is 0. The molecule has 0 aliphatic carbocycles. The van der Waals surface area contributed by atoms with Crippen molar-refractivity contribution < 1.29 is 9.21 Å². The van der Waals surface area contributed by atoms with Gasteiger partial charge in [0.25, 0.3) is 5.91 Å². The van der Waals surface area contributed by atoms with E-state index < -0.39 is 0 Å². The average molecular weight is 445 g/mol. The van der Waals surface area contributed by atoms with Crippen LogP contribution in [-0.2, 0) is 19.6 Å². The van der Waals surface area contributed by atoms with Crippen molar-refractivity contribution in [2.24, 2.45) is 0 Å². The molecule has 0 saturated heterocycles. The number of carbonyl (C=O) groups excluding carboxylic acids is 1. The molecular formula is C27H32N4O2. The van der Waals surface area contributed by atoms with Crippen molar-refractivity contribution in [3.63, 3.8) is 0 Å². The maximum Gasteiger partial charge on any atom is 0.289 e. The van der Waals surface area contributed by atoms with E-state index >= 15 is 0 Å². The molecule has 0 radical (unpaired) electrons. The van der Waals surface area contributed by atoms with Crippen molar-refractivity contribution >= 4 is 5.91 Å². The minimum absolute atomic E-state index is 0.0824. The molecule has 6 heteroatoms. The summed E-state index contributed by atoms with van der Waals surface area (Å²) in [4.78, 5) is 21.2. The van der Waals surface area contributed by atoms with E-state index in [1.807, 2.05) is 18.2 Å². The van der Waals surface area contributed by atoms with Gasteiger partial charge in [0.1, 0.15) is 5.76 Å². The second kappa shape index (κ2) is 10.9. The number of aryl methyl sites for hydroxylation is 1. The summed E-state index contributed by atoms with van der Waals surface area (Å²) in [6.45, 7) is 10.7. The Bertz CT molecular complexity index is 1080. The van der Waals surface area contributed by atoms with Gasteiger partial charge in [-0.05, 0) is 57.0 Å². The van der Waals surface area contributed by atoms with Crippen molar-refractivity contribution in [1.29, 1.82) is 5.26 Å². The normalized spacial score (nSPS) is 11.4. The zero-order valence-electron chi connectivity index (χ0n) is 19.9. The molecule has 6 nitrogen and oxygen atoms in total. The molecule has 0 N–H and O–H groups in total. The van der Waals surface area contributed by atoms with Crippen LogP contribution in [0.2, 0.25) is 0 Å². The molecule has 0 aliphatic rings. The Balaban J connectivity index is 1.74. The van der Waals surface area contributed by atoms with E-state index in [2.05, 4.69) is 67.9 Å². The smallest absolute Gasteiger partial charge is 0.289 e.